The van der Waals surface area contributed by atoms with Crippen molar-refractivity contribution in [1.29, 1.82) is 0 Å². The Balaban J connectivity index is 2.70. The first-order valence-electron chi connectivity index (χ1n) is 2.72. The molecule has 0 fully saturated rings. The Bertz CT molecular complexity index is 170. The number of alkyl halides is 1. The number of hydrogen-bond donors (Lipinski definition) is 2. The lowest BCUT2D eigenvalue weighted by atomic mass is 10.2. The van der Waals surface area contributed by atoms with E-state index in [0.29, 0.717) is 5.70 Å². The third-order valence-corrected chi connectivity index (χ3v) is 1.34. The summed E-state index contributed by atoms with van der Waals surface area (Å²) in [6.07, 6.45) is 5.28. The van der Waals surface area contributed by atoms with E-state index < -0.39 is 5.00 Å². The lowest BCUT2D eigenvalue weighted by Crippen LogP contribution is -2.33. The van der Waals surface area contributed by atoms with Crippen molar-refractivity contribution in [2.24, 2.45) is 5.73 Å². The maximum atomic E-state index is 5.84. The van der Waals surface area contributed by atoms with Crippen LogP contribution in [-0.4, -0.2) is 5.00 Å². The second-order valence-corrected chi connectivity index (χ2v) is 2.98. The molecule has 1 aliphatic heterocycles. The van der Waals surface area contributed by atoms with E-state index in [1.54, 1.807) is 12.3 Å². The first-order chi connectivity index (χ1) is 4.10. The van der Waals surface area contributed by atoms with Crippen molar-refractivity contribution < 1.29 is 0 Å². The predicted molar refractivity (Wildman–Crippen MR) is 38.8 cm³/mol. The van der Waals surface area contributed by atoms with Crippen LogP contribution in [0.5, 0.6) is 0 Å². The van der Waals surface area contributed by atoms with Gasteiger partial charge in [0.2, 0.25) is 0 Å². The molecule has 3 heteroatoms. The van der Waals surface area contributed by atoms with Gasteiger partial charge in [-0.15, -0.1) is 0 Å². The monoisotopic (exact) mass is 144 g/mol. The van der Waals surface area contributed by atoms with Crippen LogP contribution in [0.25, 0.3) is 0 Å². The van der Waals surface area contributed by atoms with E-state index >= 15 is 0 Å². The minimum Gasteiger partial charge on any atom is -0.398 e. The zero-order chi connectivity index (χ0) is 6.91. The summed E-state index contributed by atoms with van der Waals surface area (Å²) in [7, 11) is 0. The van der Waals surface area contributed by atoms with Gasteiger partial charge in [0, 0.05) is 11.9 Å². The second kappa shape index (κ2) is 1.95. The molecule has 1 aliphatic rings. The van der Waals surface area contributed by atoms with Crippen molar-refractivity contribution in [2.45, 2.75) is 11.9 Å². The van der Waals surface area contributed by atoms with E-state index in [0.717, 1.165) is 0 Å². The van der Waals surface area contributed by atoms with E-state index in [4.69, 9.17) is 17.3 Å². The fraction of sp³-hybridized carbons (Fsp3) is 0.333. The molecular weight excluding hydrogens is 136 g/mol. The average molecular weight is 145 g/mol. The Kier molecular flexibility index (Phi) is 1.41. The van der Waals surface area contributed by atoms with Gasteiger partial charge >= 0.3 is 0 Å². The summed E-state index contributed by atoms with van der Waals surface area (Å²) in [5.74, 6) is 0. The van der Waals surface area contributed by atoms with Crippen LogP contribution in [0.4, 0.5) is 0 Å². The predicted octanol–water partition coefficient (Wildman–Crippen LogP) is 0.901. The molecule has 2 nitrogen and oxygen atoms in total. The summed E-state index contributed by atoms with van der Waals surface area (Å²) in [6, 6.07) is 0. The van der Waals surface area contributed by atoms with Gasteiger partial charge in [-0.1, -0.05) is 11.6 Å². The van der Waals surface area contributed by atoms with Crippen molar-refractivity contribution in [2.75, 3.05) is 0 Å². The number of hydrogen-bond acceptors (Lipinski definition) is 2. The average Bonchev–Trinajstić information content (AvgIpc) is 1.78. The topological polar surface area (TPSA) is 38.0 Å². The van der Waals surface area contributed by atoms with Crippen molar-refractivity contribution in [3.8, 4) is 0 Å². The molecular formula is C6H9ClN2. The van der Waals surface area contributed by atoms with Gasteiger partial charge in [0.25, 0.3) is 0 Å². The van der Waals surface area contributed by atoms with E-state index in [1.807, 2.05) is 13.0 Å². The highest BCUT2D eigenvalue weighted by Gasteiger charge is 2.15. The van der Waals surface area contributed by atoms with E-state index in [-0.39, 0.29) is 0 Å². The third-order valence-electron chi connectivity index (χ3n) is 1.11. The normalized spacial score (nSPS) is 33.3. The molecule has 0 saturated heterocycles. The van der Waals surface area contributed by atoms with Gasteiger partial charge in [-0.3, -0.25) is 0 Å². The summed E-state index contributed by atoms with van der Waals surface area (Å²) >= 11 is 5.84. The van der Waals surface area contributed by atoms with Crippen molar-refractivity contribution in [1.82, 2.24) is 5.32 Å². The van der Waals surface area contributed by atoms with Gasteiger partial charge < -0.3 is 11.1 Å². The summed E-state index contributed by atoms with van der Waals surface area (Å²) in [5.41, 5.74) is 6.11. The molecule has 0 aromatic carbocycles. The fourth-order valence-electron chi connectivity index (χ4n) is 0.573. The van der Waals surface area contributed by atoms with E-state index in [2.05, 4.69) is 5.32 Å². The second-order valence-electron chi connectivity index (χ2n) is 2.20. The van der Waals surface area contributed by atoms with Gasteiger partial charge in [0.05, 0.1) is 0 Å². The largest absolute Gasteiger partial charge is 0.398 e. The molecule has 1 atom stereocenters. The van der Waals surface area contributed by atoms with E-state index in [9.17, 15) is 0 Å². The summed E-state index contributed by atoms with van der Waals surface area (Å²) in [4.78, 5) is -0.455. The van der Waals surface area contributed by atoms with Crippen LogP contribution in [0.2, 0.25) is 0 Å². The van der Waals surface area contributed by atoms with Crippen LogP contribution in [0, 0.1) is 0 Å². The summed E-state index contributed by atoms with van der Waals surface area (Å²) in [6.45, 7) is 1.86. The maximum absolute atomic E-state index is 5.84. The molecule has 0 aliphatic carbocycles. The molecule has 0 aromatic rings. The molecule has 1 rings (SSSR count). The van der Waals surface area contributed by atoms with Gasteiger partial charge in [0.1, 0.15) is 5.00 Å². The van der Waals surface area contributed by atoms with Crippen LogP contribution in [0.15, 0.2) is 24.0 Å². The Morgan fingerprint density at radius 3 is 2.78 bits per heavy atom. The SMILES string of the molecule is CC1(Cl)C=CC(N)=CN1. The molecule has 0 spiro atoms. The van der Waals surface area contributed by atoms with Gasteiger partial charge in [-0.2, -0.15) is 0 Å². The first kappa shape index (κ1) is 6.49. The van der Waals surface area contributed by atoms with Crippen LogP contribution in [0.3, 0.4) is 0 Å². The highest BCUT2D eigenvalue weighted by atomic mass is 35.5. The Morgan fingerprint density at radius 2 is 2.44 bits per heavy atom. The molecule has 0 saturated carbocycles. The number of nitrogens with two attached hydrogens (primary N) is 1. The summed E-state index contributed by atoms with van der Waals surface area (Å²) in [5, 5.41) is 2.90. The maximum Gasteiger partial charge on any atom is 0.128 e. The molecule has 50 valence electrons. The van der Waals surface area contributed by atoms with Crippen LogP contribution in [0.1, 0.15) is 6.92 Å². The number of rotatable bonds is 0. The van der Waals surface area contributed by atoms with Gasteiger partial charge in [-0.05, 0) is 19.1 Å². The van der Waals surface area contributed by atoms with Crippen molar-refractivity contribution in [3.05, 3.63) is 24.0 Å². The van der Waals surface area contributed by atoms with E-state index in [1.165, 1.54) is 0 Å². The quantitative estimate of drug-likeness (QED) is 0.392. The molecule has 3 N–H and O–H groups in total. The highest BCUT2D eigenvalue weighted by Crippen LogP contribution is 2.15. The van der Waals surface area contributed by atoms with Crippen molar-refractivity contribution >= 4 is 11.6 Å². The lowest BCUT2D eigenvalue weighted by molar-refractivity contribution is 0.679. The molecule has 0 radical (unpaired) electrons. The Labute approximate surface area is 59.4 Å². The molecule has 1 unspecified atom stereocenters. The zero-order valence-electron chi connectivity index (χ0n) is 5.19. The molecule has 9 heavy (non-hydrogen) atoms. The third kappa shape index (κ3) is 1.64. The van der Waals surface area contributed by atoms with Crippen LogP contribution in [-0.2, 0) is 0 Å². The number of allylic oxidation sites excluding steroid dienone is 1. The molecule has 0 bridgehead atoms. The fourth-order valence-corrected chi connectivity index (χ4v) is 0.691. The van der Waals surface area contributed by atoms with Gasteiger partial charge in [0.15, 0.2) is 0 Å². The summed E-state index contributed by atoms with van der Waals surface area (Å²) < 4.78 is 0. The van der Waals surface area contributed by atoms with Crippen LogP contribution < -0.4 is 11.1 Å². The minimum absolute atomic E-state index is 0.455. The molecule has 0 aromatic heterocycles. The number of halogens is 1. The Morgan fingerprint density at radius 1 is 1.78 bits per heavy atom. The zero-order valence-corrected chi connectivity index (χ0v) is 5.94. The van der Waals surface area contributed by atoms with Gasteiger partial charge in [-0.25, -0.2) is 0 Å². The van der Waals surface area contributed by atoms with Crippen LogP contribution >= 0.6 is 11.6 Å². The number of dihydropyridines is 1. The highest BCUT2D eigenvalue weighted by molar-refractivity contribution is 6.24. The first-order valence-corrected chi connectivity index (χ1v) is 3.09. The molecule has 1 heterocycles. The number of nitrogens with one attached hydrogen (secondary N) is 1. The Hall–Kier alpha value is -0.630. The lowest BCUT2D eigenvalue weighted by Gasteiger charge is -2.21. The minimum atomic E-state index is -0.455. The molecule has 0 amide bonds. The van der Waals surface area contributed by atoms with Crippen molar-refractivity contribution in [3.63, 3.8) is 0 Å². The smallest absolute Gasteiger partial charge is 0.128 e. The standard InChI is InChI=1S/C6H9ClN2/c1-6(7)3-2-5(8)4-9-6/h2-4,9H,8H2,1H3.